The lowest BCUT2D eigenvalue weighted by Gasteiger charge is -2.04. The van der Waals surface area contributed by atoms with Crippen LogP contribution in [0.15, 0.2) is 56.7 Å². The quantitative estimate of drug-likeness (QED) is 0.856. The van der Waals surface area contributed by atoms with Crippen LogP contribution in [0, 0.1) is 0 Å². The largest absolute Gasteiger partial charge is 0.478 e. The average Bonchev–Trinajstić information content (AvgIpc) is 2.28. The maximum atomic E-state index is 10.8. The summed E-state index contributed by atoms with van der Waals surface area (Å²) in [6.45, 7) is 0. The summed E-state index contributed by atoms with van der Waals surface area (Å²) >= 11 is 10.9. The third-order valence-corrected chi connectivity index (χ3v) is 3.99. The maximum Gasteiger partial charge on any atom is 0.337 e. The molecule has 0 aliphatic rings. The van der Waals surface area contributed by atoms with Gasteiger partial charge < -0.3 is 5.11 Å². The molecular weight excluding hydrogens is 336 g/mol. The van der Waals surface area contributed by atoms with Crippen LogP contribution in [0.3, 0.4) is 0 Å². The molecule has 2 aromatic rings. The van der Waals surface area contributed by atoms with Gasteiger partial charge in [-0.1, -0.05) is 45.4 Å². The first-order chi connectivity index (χ1) is 8.56. The Labute approximate surface area is 122 Å². The zero-order valence-electron chi connectivity index (χ0n) is 9.06. The second-order valence-electron chi connectivity index (χ2n) is 3.51. The smallest absolute Gasteiger partial charge is 0.337 e. The summed E-state index contributed by atoms with van der Waals surface area (Å²) in [6, 6.07) is 12.8. The highest BCUT2D eigenvalue weighted by Crippen LogP contribution is 2.32. The van der Waals surface area contributed by atoms with E-state index in [1.807, 2.05) is 24.3 Å². The second-order valence-corrected chi connectivity index (χ2v) is 5.98. The van der Waals surface area contributed by atoms with Crippen molar-refractivity contribution in [1.29, 1.82) is 0 Å². The molecule has 2 rings (SSSR count). The van der Waals surface area contributed by atoms with Gasteiger partial charge >= 0.3 is 5.97 Å². The van der Waals surface area contributed by atoms with E-state index in [1.54, 1.807) is 12.1 Å². The van der Waals surface area contributed by atoms with Gasteiger partial charge in [0.15, 0.2) is 0 Å². The fraction of sp³-hybridized carbons (Fsp3) is 0. The molecule has 2 aromatic carbocycles. The number of halogens is 2. The molecule has 0 amide bonds. The van der Waals surface area contributed by atoms with Gasteiger partial charge in [-0.15, -0.1) is 0 Å². The molecule has 5 heteroatoms. The summed E-state index contributed by atoms with van der Waals surface area (Å²) in [4.78, 5) is 12.8. The predicted octanol–water partition coefficient (Wildman–Crippen LogP) is 4.95. The van der Waals surface area contributed by atoms with Crippen molar-refractivity contribution in [1.82, 2.24) is 0 Å². The van der Waals surface area contributed by atoms with Crippen molar-refractivity contribution in [2.24, 2.45) is 0 Å². The van der Waals surface area contributed by atoms with Gasteiger partial charge in [0.1, 0.15) is 0 Å². The summed E-state index contributed by atoms with van der Waals surface area (Å²) in [5.41, 5.74) is 0.121. The fourth-order valence-corrected chi connectivity index (χ4v) is 3.19. The van der Waals surface area contributed by atoms with Crippen LogP contribution in [0.25, 0.3) is 0 Å². The molecule has 0 spiro atoms. The van der Waals surface area contributed by atoms with Gasteiger partial charge in [-0.2, -0.15) is 0 Å². The molecule has 0 bridgehead atoms. The Morgan fingerprint density at radius 1 is 1.17 bits per heavy atom. The number of benzene rings is 2. The van der Waals surface area contributed by atoms with Gasteiger partial charge in [-0.3, -0.25) is 0 Å². The average molecular weight is 344 g/mol. The molecule has 0 unspecified atom stereocenters. The van der Waals surface area contributed by atoms with E-state index in [4.69, 9.17) is 16.7 Å². The van der Waals surface area contributed by atoms with Crippen molar-refractivity contribution in [2.45, 2.75) is 9.79 Å². The molecule has 0 aliphatic heterocycles. The predicted molar refractivity (Wildman–Crippen MR) is 76.7 cm³/mol. The molecule has 0 heterocycles. The number of carboxylic acids is 1. The lowest BCUT2D eigenvalue weighted by atomic mass is 10.2. The normalized spacial score (nSPS) is 10.3. The van der Waals surface area contributed by atoms with Crippen LogP contribution in [-0.2, 0) is 0 Å². The first-order valence-electron chi connectivity index (χ1n) is 5.02. The molecule has 1 N–H and O–H groups in total. The summed E-state index contributed by atoms with van der Waals surface area (Å²) in [5.74, 6) is -1.01. The van der Waals surface area contributed by atoms with E-state index in [-0.39, 0.29) is 10.6 Å². The molecule has 0 fully saturated rings. The molecule has 92 valence electrons. The summed E-state index contributed by atoms with van der Waals surface area (Å²) in [5, 5.41) is 9.14. The van der Waals surface area contributed by atoms with E-state index in [9.17, 15) is 4.79 Å². The van der Waals surface area contributed by atoms with Gasteiger partial charge in [0.2, 0.25) is 0 Å². The molecule has 0 atom stereocenters. The number of hydrogen-bond donors (Lipinski definition) is 1. The van der Waals surface area contributed by atoms with E-state index in [1.165, 1.54) is 17.8 Å². The minimum absolute atomic E-state index is 0.121. The van der Waals surface area contributed by atoms with E-state index in [0.29, 0.717) is 0 Å². The van der Waals surface area contributed by atoms with Crippen molar-refractivity contribution in [3.63, 3.8) is 0 Å². The van der Waals surface area contributed by atoms with Crippen molar-refractivity contribution >= 4 is 45.3 Å². The summed E-state index contributed by atoms with van der Waals surface area (Å²) in [6.07, 6.45) is 0. The molecular formula is C13H8BrClO2S. The Hall–Kier alpha value is -0.970. The van der Waals surface area contributed by atoms with Gasteiger partial charge in [0.25, 0.3) is 0 Å². The van der Waals surface area contributed by atoms with Gasteiger partial charge in [0.05, 0.1) is 10.6 Å². The minimum Gasteiger partial charge on any atom is -0.478 e. The van der Waals surface area contributed by atoms with E-state index >= 15 is 0 Å². The van der Waals surface area contributed by atoms with Gasteiger partial charge in [-0.25, -0.2) is 4.79 Å². The van der Waals surface area contributed by atoms with Crippen LogP contribution in [0.4, 0.5) is 0 Å². The summed E-state index contributed by atoms with van der Waals surface area (Å²) in [7, 11) is 0. The molecule has 18 heavy (non-hydrogen) atoms. The highest BCUT2D eigenvalue weighted by atomic mass is 79.9. The zero-order chi connectivity index (χ0) is 13.1. The Morgan fingerprint density at radius 3 is 2.50 bits per heavy atom. The maximum absolute atomic E-state index is 10.8. The molecule has 0 aliphatic carbocycles. The van der Waals surface area contributed by atoms with Crippen LogP contribution in [0.5, 0.6) is 0 Å². The number of hydrogen-bond acceptors (Lipinski definition) is 2. The van der Waals surface area contributed by atoms with Crippen molar-refractivity contribution in [3.8, 4) is 0 Å². The number of carboxylic acid groups (broad SMARTS) is 1. The monoisotopic (exact) mass is 342 g/mol. The third kappa shape index (κ3) is 3.28. The van der Waals surface area contributed by atoms with Crippen molar-refractivity contribution in [2.75, 3.05) is 0 Å². The van der Waals surface area contributed by atoms with E-state index in [2.05, 4.69) is 15.9 Å². The van der Waals surface area contributed by atoms with E-state index in [0.717, 1.165) is 14.3 Å². The van der Waals surface area contributed by atoms with Gasteiger partial charge in [-0.05, 0) is 36.4 Å². The molecule has 2 nitrogen and oxygen atoms in total. The van der Waals surface area contributed by atoms with Crippen LogP contribution in [0.1, 0.15) is 10.4 Å². The molecule has 0 radical (unpaired) electrons. The Morgan fingerprint density at radius 2 is 1.89 bits per heavy atom. The Kier molecular flexibility index (Phi) is 4.32. The fourth-order valence-electron chi connectivity index (χ4n) is 1.40. The minimum atomic E-state index is -1.01. The zero-order valence-corrected chi connectivity index (χ0v) is 12.2. The summed E-state index contributed by atoms with van der Waals surface area (Å²) < 4.78 is 1.00. The lowest BCUT2D eigenvalue weighted by Crippen LogP contribution is -1.96. The van der Waals surface area contributed by atoms with Crippen molar-refractivity contribution in [3.05, 3.63) is 57.5 Å². The number of carbonyl (C=O) groups is 1. The molecule has 0 aromatic heterocycles. The first-order valence-corrected chi connectivity index (χ1v) is 7.01. The SMILES string of the molecule is O=C(O)c1ccc(Sc2cccc(Br)c2)cc1Cl. The number of aromatic carboxylic acids is 1. The second kappa shape index (κ2) is 5.78. The number of rotatable bonds is 3. The van der Waals surface area contributed by atoms with Crippen LogP contribution in [-0.4, -0.2) is 11.1 Å². The van der Waals surface area contributed by atoms with Crippen LogP contribution < -0.4 is 0 Å². The highest BCUT2D eigenvalue weighted by molar-refractivity contribution is 9.10. The Bertz CT molecular complexity index is 601. The van der Waals surface area contributed by atoms with Gasteiger partial charge in [0, 0.05) is 14.3 Å². The van der Waals surface area contributed by atoms with Crippen LogP contribution >= 0.6 is 39.3 Å². The standard InChI is InChI=1S/C13H8BrClO2S/c14-8-2-1-3-9(6-8)18-10-4-5-11(13(16)17)12(15)7-10/h1-7H,(H,16,17). The molecule has 0 saturated heterocycles. The first kappa shape index (κ1) is 13.5. The topological polar surface area (TPSA) is 37.3 Å². The lowest BCUT2D eigenvalue weighted by molar-refractivity contribution is 0.0697. The van der Waals surface area contributed by atoms with E-state index < -0.39 is 5.97 Å². The van der Waals surface area contributed by atoms with Crippen LogP contribution in [0.2, 0.25) is 5.02 Å². The molecule has 0 saturated carbocycles. The third-order valence-electron chi connectivity index (χ3n) is 2.20. The highest BCUT2D eigenvalue weighted by Gasteiger charge is 2.09. The Balaban J connectivity index is 2.25. The van der Waals surface area contributed by atoms with Crippen molar-refractivity contribution < 1.29 is 9.90 Å².